The van der Waals surface area contributed by atoms with Gasteiger partial charge in [-0.2, -0.15) is 0 Å². The van der Waals surface area contributed by atoms with Crippen molar-refractivity contribution in [3.63, 3.8) is 0 Å². The van der Waals surface area contributed by atoms with E-state index in [-0.39, 0.29) is 13.3 Å². The Bertz CT molecular complexity index is 477. The smallest absolute Gasteiger partial charge is 0.270 e. The van der Waals surface area contributed by atoms with Gasteiger partial charge in [0, 0.05) is 26.7 Å². The van der Waals surface area contributed by atoms with E-state index in [0.29, 0.717) is 12.2 Å². The maximum absolute atomic E-state index is 12.0. The van der Waals surface area contributed by atoms with E-state index in [2.05, 4.69) is 5.32 Å². The van der Waals surface area contributed by atoms with Crippen molar-refractivity contribution in [3.8, 4) is 0 Å². The van der Waals surface area contributed by atoms with E-state index in [0.717, 1.165) is 29.8 Å². The van der Waals surface area contributed by atoms with E-state index in [1.807, 2.05) is 38.2 Å². The highest BCUT2D eigenvalue weighted by atomic mass is 16.2. The molecule has 4 nitrogen and oxygen atoms in total. The number of amides is 1. The Balaban J connectivity index is 0.00000180. The van der Waals surface area contributed by atoms with E-state index >= 15 is 0 Å². The van der Waals surface area contributed by atoms with E-state index in [1.165, 1.54) is 0 Å². The number of hydrogen-bond donors (Lipinski definition) is 2. The van der Waals surface area contributed by atoms with Crippen LogP contribution in [0.1, 0.15) is 25.5 Å². The molecule has 0 spiro atoms. The summed E-state index contributed by atoms with van der Waals surface area (Å²) in [6.07, 6.45) is 0. The Kier molecular flexibility index (Phi) is 5.12. The predicted octanol–water partition coefficient (Wildman–Crippen LogP) is 1.57. The zero-order valence-corrected chi connectivity index (χ0v) is 10.9. The molecule has 0 radical (unpaired) electrons. The second-order valence-electron chi connectivity index (χ2n) is 4.55. The van der Waals surface area contributed by atoms with E-state index in [4.69, 9.17) is 5.73 Å². The molecule has 0 aliphatic carbocycles. The molecule has 1 aromatic rings. The molecule has 1 saturated heterocycles. The van der Waals surface area contributed by atoms with Crippen molar-refractivity contribution in [2.24, 2.45) is 5.73 Å². The Morgan fingerprint density at radius 1 is 1.37 bits per heavy atom. The van der Waals surface area contributed by atoms with E-state index < -0.39 is 0 Å². The van der Waals surface area contributed by atoms with Crippen molar-refractivity contribution in [2.75, 3.05) is 20.1 Å². The molecule has 4 heteroatoms. The van der Waals surface area contributed by atoms with Crippen LogP contribution in [-0.2, 0) is 11.3 Å². The van der Waals surface area contributed by atoms with Gasteiger partial charge in [-0.1, -0.05) is 31.7 Å². The molecule has 104 valence electrons. The number of hydrogen-bond acceptors (Lipinski definition) is 3. The highest BCUT2D eigenvalue weighted by Crippen LogP contribution is 2.20. The van der Waals surface area contributed by atoms with Crippen LogP contribution in [0.15, 0.2) is 30.0 Å². The van der Waals surface area contributed by atoms with Gasteiger partial charge in [-0.05, 0) is 23.6 Å². The fourth-order valence-electron chi connectivity index (χ4n) is 2.04. The van der Waals surface area contributed by atoms with Crippen LogP contribution >= 0.6 is 0 Å². The van der Waals surface area contributed by atoms with Gasteiger partial charge in [0.25, 0.3) is 5.91 Å². The quantitative estimate of drug-likeness (QED) is 0.795. The third-order valence-electron chi connectivity index (χ3n) is 3.31. The Morgan fingerprint density at radius 3 is 2.58 bits per heavy atom. The molecule has 1 aliphatic rings. The van der Waals surface area contributed by atoms with Crippen LogP contribution in [0, 0.1) is 0 Å². The molecular formula is C15H23N3O. The Morgan fingerprint density at radius 2 is 2.00 bits per heavy atom. The first-order valence-electron chi connectivity index (χ1n) is 6.13. The summed E-state index contributed by atoms with van der Waals surface area (Å²) in [4.78, 5) is 13.8. The normalized spacial score (nSPS) is 17.6. The maximum Gasteiger partial charge on any atom is 0.270 e. The lowest BCUT2D eigenvalue weighted by Crippen LogP contribution is -2.44. The van der Waals surface area contributed by atoms with Crippen molar-refractivity contribution in [3.05, 3.63) is 41.1 Å². The Labute approximate surface area is 115 Å². The summed E-state index contributed by atoms with van der Waals surface area (Å²) in [6.45, 7) is 4.06. The van der Waals surface area contributed by atoms with Crippen molar-refractivity contribution in [2.45, 2.75) is 20.9 Å². The van der Waals surface area contributed by atoms with Crippen LogP contribution in [0.3, 0.4) is 0 Å². The van der Waals surface area contributed by atoms with Gasteiger partial charge in [0.15, 0.2) is 0 Å². The molecule has 1 heterocycles. The molecule has 0 saturated carbocycles. The molecule has 0 unspecified atom stereocenters. The predicted molar refractivity (Wildman–Crippen MR) is 79.3 cm³/mol. The van der Waals surface area contributed by atoms with Gasteiger partial charge in [-0.3, -0.25) is 4.79 Å². The topological polar surface area (TPSA) is 58.4 Å². The van der Waals surface area contributed by atoms with Crippen molar-refractivity contribution < 1.29 is 4.79 Å². The summed E-state index contributed by atoms with van der Waals surface area (Å²) >= 11 is 0. The molecule has 0 bridgehead atoms. The lowest BCUT2D eigenvalue weighted by Gasteiger charge is -2.27. The third-order valence-corrected chi connectivity index (χ3v) is 3.31. The molecule has 3 N–H and O–H groups in total. The number of carbonyl (C=O) groups is 1. The summed E-state index contributed by atoms with van der Waals surface area (Å²) in [5, 5.41) is 3.19. The lowest BCUT2D eigenvalue weighted by molar-refractivity contribution is -0.127. The van der Waals surface area contributed by atoms with Crippen LogP contribution in [0.5, 0.6) is 0 Å². The highest BCUT2D eigenvalue weighted by Gasteiger charge is 2.21. The average molecular weight is 261 g/mol. The minimum absolute atomic E-state index is 0. The average Bonchev–Trinajstić information content (AvgIpc) is 2.41. The molecule has 0 aromatic heterocycles. The largest absolute Gasteiger partial charge is 0.379 e. The molecule has 1 aromatic carbocycles. The fourth-order valence-corrected chi connectivity index (χ4v) is 2.04. The van der Waals surface area contributed by atoms with Crippen LogP contribution in [-0.4, -0.2) is 30.9 Å². The second-order valence-corrected chi connectivity index (χ2v) is 4.55. The maximum atomic E-state index is 12.0. The van der Waals surface area contributed by atoms with Gasteiger partial charge in [-0.15, -0.1) is 0 Å². The number of allylic oxidation sites excluding steroid dienone is 1. The van der Waals surface area contributed by atoms with Crippen LogP contribution in [0.4, 0.5) is 0 Å². The number of nitrogens with two attached hydrogens (primary N) is 1. The monoisotopic (exact) mass is 261 g/mol. The number of carbonyl (C=O) groups excluding carboxylic acids is 1. The number of rotatable bonds is 2. The fraction of sp³-hybridized carbons (Fsp3) is 0.400. The van der Waals surface area contributed by atoms with E-state index in [1.54, 1.807) is 4.90 Å². The number of piperazine rings is 1. The zero-order chi connectivity index (χ0) is 13.1. The van der Waals surface area contributed by atoms with Crippen LogP contribution < -0.4 is 11.1 Å². The zero-order valence-electron chi connectivity index (χ0n) is 10.9. The molecular weight excluding hydrogens is 238 g/mol. The summed E-state index contributed by atoms with van der Waals surface area (Å²) < 4.78 is 0. The molecule has 1 fully saturated rings. The lowest BCUT2D eigenvalue weighted by atomic mass is 10.0. The molecule has 2 rings (SSSR count). The number of benzene rings is 1. The standard InChI is InChI=1S/C14H19N3O.CH4/c1-10(12-5-3-11(9-15)4-6-12)13-14(18)17(2)8-7-16-13;/h3-6,16H,7-9,15H2,1-2H3;1H4/b13-10+;. The molecule has 1 amide bonds. The minimum atomic E-state index is 0. The first-order valence-corrected chi connectivity index (χ1v) is 6.13. The summed E-state index contributed by atoms with van der Waals surface area (Å²) in [6, 6.07) is 8.01. The first-order chi connectivity index (χ1) is 8.63. The summed E-state index contributed by atoms with van der Waals surface area (Å²) in [7, 11) is 1.83. The van der Waals surface area contributed by atoms with Crippen molar-refractivity contribution in [1.29, 1.82) is 0 Å². The highest BCUT2D eigenvalue weighted by molar-refractivity contribution is 6.00. The van der Waals surface area contributed by atoms with Crippen LogP contribution in [0.2, 0.25) is 0 Å². The van der Waals surface area contributed by atoms with Gasteiger partial charge < -0.3 is 16.0 Å². The Hall–Kier alpha value is -1.81. The van der Waals surface area contributed by atoms with Gasteiger partial charge in [0.2, 0.25) is 0 Å². The van der Waals surface area contributed by atoms with Crippen LogP contribution in [0.25, 0.3) is 5.57 Å². The molecule has 1 aliphatic heterocycles. The SMILES string of the molecule is C.C/C(=C1\NCCN(C)C1=O)c1ccc(CN)cc1. The number of likely N-dealkylation sites (N-methyl/N-ethyl adjacent to an activating group) is 1. The first kappa shape index (κ1) is 15.2. The molecule has 19 heavy (non-hydrogen) atoms. The number of nitrogens with zero attached hydrogens (tertiary/aromatic N) is 1. The van der Waals surface area contributed by atoms with Gasteiger partial charge in [0.05, 0.1) is 0 Å². The van der Waals surface area contributed by atoms with Gasteiger partial charge in [-0.25, -0.2) is 0 Å². The van der Waals surface area contributed by atoms with Crippen molar-refractivity contribution in [1.82, 2.24) is 10.2 Å². The van der Waals surface area contributed by atoms with Crippen molar-refractivity contribution >= 4 is 11.5 Å². The van der Waals surface area contributed by atoms with Gasteiger partial charge in [0.1, 0.15) is 5.70 Å². The van der Waals surface area contributed by atoms with E-state index in [9.17, 15) is 4.79 Å². The van der Waals surface area contributed by atoms with Gasteiger partial charge >= 0.3 is 0 Å². The molecule has 0 atom stereocenters. The minimum Gasteiger partial charge on any atom is -0.379 e. The summed E-state index contributed by atoms with van der Waals surface area (Å²) in [5.74, 6) is 0.0571. The summed E-state index contributed by atoms with van der Waals surface area (Å²) in [5.41, 5.74) is 9.40. The number of nitrogens with one attached hydrogen (secondary N) is 1. The second kappa shape index (κ2) is 6.38. The third kappa shape index (κ3) is 3.15.